The van der Waals surface area contributed by atoms with Gasteiger partial charge >= 0.3 is 0 Å². The Morgan fingerprint density at radius 1 is 1.19 bits per heavy atom. The van der Waals surface area contributed by atoms with E-state index in [-0.39, 0.29) is 18.6 Å². The van der Waals surface area contributed by atoms with Gasteiger partial charge in [-0.1, -0.05) is 18.2 Å². The highest BCUT2D eigenvalue weighted by molar-refractivity contribution is 5.99. The molecule has 6 heteroatoms. The van der Waals surface area contributed by atoms with Crippen molar-refractivity contribution in [2.45, 2.75) is 43.2 Å². The van der Waals surface area contributed by atoms with E-state index in [1.54, 1.807) is 31.2 Å². The first kappa shape index (κ1) is 17.4. The normalized spacial score (nSPS) is 38.5. The number of carbonyl (C=O) groups is 1. The Hall–Kier alpha value is -1.99. The van der Waals surface area contributed by atoms with Crippen LogP contribution in [0.25, 0.3) is 0 Å². The number of Topliss-reactive ketones (excluding diaryl/α,β-unsaturated/α-hetero) is 1. The summed E-state index contributed by atoms with van der Waals surface area (Å²) in [5, 5.41) is 43.6. The highest BCUT2D eigenvalue weighted by Gasteiger charge is 2.57. The van der Waals surface area contributed by atoms with Crippen LogP contribution in [0.5, 0.6) is 5.75 Å². The summed E-state index contributed by atoms with van der Waals surface area (Å²) in [7, 11) is 1.45. The summed E-state index contributed by atoms with van der Waals surface area (Å²) in [5.74, 6) is -0.950. The fourth-order valence-electron chi connectivity index (χ4n) is 4.65. The number of allylic oxidation sites excluding steroid dienone is 1. The molecule has 4 rings (SSSR count). The van der Waals surface area contributed by atoms with E-state index in [0.29, 0.717) is 28.0 Å². The molecular formula is C20H22O6. The van der Waals surface area contributed by atoms with E-state index in [0.717, 1.165) is 0 Å². The van der Waals surface area contributed by atoms with Crippen LogP contribution < -0.4 is 4.74 Å². The van der Waals surface area contributed by atoms with Gasteiger partial charge in [-0.25, -0.2) is 0 Å². The monoisotopic (exact) mass is 358 g/mol. The maximum Gasteiger partial charge on any atom is 0.162 e. The van der Waals surface area contributed by atoms with Crippen LogP contribution in [0, 0.1) is 5.92 Å². The number of benzene rings is 1. The molecule has 0 spiro atoms. The Labute approximate surface area is 151 Å². The lowest BCUT2D eigenvalue weighted by Gasteiger charge is -2.49. The predicted molar refractivity (Wildman–Crippen MR) is 92.4 cm³/mol. The minimum Gasteiger partial charge on any atom is -0.496 e. The van der Waals surface area contributed by atoms with E-state index in [9.17, 15) is 25.2 Å². The van der Waals surface area contributed by atoms with E-state index in [1.807, 2.05) is 0 Å². The number of aliphatic hydroxyl groups excluding tert-OH is 2. The second kappa shape index (κ2) is 5.50. The van der Waals surface area contributed by atoms with E-state index in [1.165, 1.54) is 13.2 Å². The molecule has 0 bridgehead atoms. The lowest BCUT2D eigenvalue weighted by atomic mass is 9.60. The predicted octanol–water partition coefficient (Wildman–Crippen LogP) is 1.10. The fraction of sp³-hybridized carbons (Fsp3) is 0.450. The van der Waals surface area contributed by atoms with Gasteiger partial charge in [-0.15, -0.1) is 0 Å². The summed E-state index contributed by atoms with van der Waals surface area (Å²) in [6.45, 7) is 1.59. The summed E-state index contributed by atoms with van der Waals surface area (Å²) in [6, 6.07) is 5.01. The average Bonchev–Trinajstić information content (AvgIpc) is 2.58. The van der Waals surface area contributed by atoms with Gasteiger partial charge in [0.2, 0.25) is 0 Å². The molecule has 3 aliphatic rings. The second-order valence-corrected chi connectivity index (χ2v) is 7.72. The smallest absolute Gasteiger partial charge is 0.162 e. The van der Waals surface area contributed by atoms with Gasteiger partial charge in [-0.3, -0.25) is 4.79 Å². The Morgan fingerprint density at radius 2 is 1.92 bits per heavy atom. The maximum absolute atomic E-state index is 12.7. The number of hydrogen-bond acceptors (Lipinski definition) is 6. The van der Waals surface area contributed by atoms with Crippen LogP contribution in [0.1, 0.15) is 43.1 Å². The summed E-state index contributed by atoms with van der Waals surface area (Å²) in [4.78, 5) is 12.7. The Morgan fingerprint density at radius 3 is 2.62 bits per heavy atom. The Balaban J connectivity index is 1.92. The van der Waals surface area contributed by atoms with Crippen LogP contribution in [0.4, 0.5) is 0 Å². The molecule has 0 saturated heterocycles. The minimum atomic E-state index is -1.83. The van der Waals surface area contributed by atoms with E-state index in [4.69, 9.17) is 4.74 Å². The molecule has 0 aliphatic heterocycles. The molecule has 0 saturated carbocycles. The van der Waals surface area contributed by atoms with E-state index >= 15 is 0 Å². The zero-order chi connectivity index (χ0) is 18.9. The van der Waals surface area contributed by atoms with Gasteiger partial charge in [-0.2, -0.15) is 0 Å². The van der Waals surface area contributed by atoms with Gasteiger partial charge in [0.05, 0.1) is 24.7 Å². The van der Waals surface area contributed by atoms with Crippen molar-refractivity contribution in [3.8, 4) is 5.75 Å². The van der Waals surface area contributed by atoms with Crippen molar-refractivity contribution in [3.63, 3.8) is 0 Å². The summed E-state index contributed by atoms with van der Waals surface area (Å²) in [5.41, 5.74) is -1.35. The maximum atomic E-state index is 12.7. The van der Waals surface area contributed by atoms with Crippen LogP contribution in [0.3, 0.4) is 0 Å². The topological polar surface area (TPSA) is 107 Å². The minimum absolute atomic E-state index is 0.0833. The molecule has 0 aromatic heterocycles. The Bertz CT molecular complexity index is 852. The van der Waals surface area contributed by atoms with Crippen LogP contribution in [-0.2, 0) is 4.79 Å². The number of carbonyl (C=O) groups excluding carboxylic acids is 1. The first-order valence-corrected chi connectivity index (χ1v) is 8.63. The van der Waals surface area contributed by atoms with Gasteiger partial charge in [0.1, 0.15) is 17.5 Å². The number of ketones is 1. The number of hydrogen-bond donors (Lipinski definition) is 4. The summed E-state index contributed by atoms with van der Waals surface area (Å²) in [6.07, 6.45) is 0.630. The molecule has 3 aliphatic carbocycles. The highest BCUT2D eigenvalue weighted by Crippen LogP contribution is 2.56. The number of aliphatic hydroxyl groups is 4. The summed E-state index contributed by atoms with van der Waals surface area (Å²) >= 11 is 0. The molecule has 0 unspecified atom stereocenters. The number of ether oxygens (including phenoxy) is 1. The molecule has 6 nitrogen and oxygen atoms in total. The molecule has 1 aromatic carbocycles. The summed E-state index contributed by atoms with van der Waals surface area (Å²) < 4.78 is 5.29. The van der Waals surface area contributed by atoms with Crippen molar-refractivity contribution >= 4 is 5.78 Å². The molecule has 0 fully saturated rings. The number of fused-ring (bicyclic) bond motifs is 3. The molecule has 0 amide bonds. The van der Waals surface area contributed by atoms with Crippen LogP contribution >= 0.6 is 0 Å². The van der Waals surface area contributed by atoms with Gasteiger partial charge in [0.25, 0.3) is 0 Å². The van der Waals surface area contributed by atoms with E-state index < -0.39 is 29.3 Å². The van der Waals surface area contributed by atoms with Crippen molar-refractivity contribution in [1.29, 1.82) is 0 Å². The second-order valence-electron chi connectivity index (χ2n) is 7.72. The lowest BCUT2D eigenvalue weighted by molar-refractivity contribution is -0.135. The van der Waals surface area contributed by atoms with Crippen molar-refractivity contribution in [3.05, 3.63) is 52.6 Å². The van der Waals surface area contributed by atoms with Crippen molar-refractivity contribution in [2.24, 2.45) is 5.92 Å². The number of methoxy groups -OCH3 is 1. The molecule has 0 radical (unpaired) electrons. The van der Waals surface area contributed by atoms with Crippen molar-refractivity contribution in [1.82, 2.24) is 0 Å². The first-order valence-electron chi connectivity index (χ1n) is 8.63. The third-order valence-electron chi connectivity index (χ3n) is 5.79. The third-order valence-corrected chi connectivity index (χ3v) is 5.79. The lowest BCUT2D eigenvalue weighted by Crippen LogP contribution is -2.53. The van der Waals surface area contributed by atoms with Crippen LogP contribution in [0.15, 0.2) is 41.5 Å². The van der Waals surface area contributed by atoms with Gasteiger partial charge in [0.15, 0.2) is 5.78 Å². The largest absolute Gasteiger partial charge is 0.496 e. The van der Waals surface area contributed by atoms with Crippen LogP contribution in [0.2, 0.25) is 0 Å². The molecule has 5 atom stereocenters. The average molecular weight is 358 g/mol. The van der Waals surface area contributed by atoms with Crippen molar-refractivity contribution in [2.75, 3.05) is 7.11 Å². The zero-order valence-electron chi connectivity index (χ0n) is 14.6. The molecule has 138 valence electrons. The van der Waals surface area contributed by atoms with Gasteiger partial charge in [-0.05, 0) is 30.2 Å². The molecular weight excluding hydrogens is 336 g/mol. The first-order chi connectivity index (χ1) is 12.2. The highest BCUT2D eigenvalue weighted by atomic mass is 16.5. The van der Waals surface area contributed by atoms with Crippen molar-refractivity contribution < 1.29 is 30.0 Å². The van der Waals surface area contributed by atoms with Gasteiger partial charge < -0.3 is 25.2 Å². The van der Waals surface area contributed by atoms with Crippen LogP contribution in [-0.4, -0.2) is 44.5 Å². The quantitative estimate of drug-likeness (QED) is 0.599. The zero-order valence-corrected chi connectivity index (χ0v) is 14.6. The SMILES string of the molecule is COc1cccc2c1[C@H](O)[C@@]1(O)C=CC3=C(C(=O)C[C@](C)(O)C3)[C@@H]1[C@@H]2O. The standard InChI is InChI=1S/C20H22O6/c1-19(24)8-10-6-7-20(25)16(14(10)12(21)9-19)17(22)11-4-3-5-13(26-2)15(11)18(20)23/h3-7,16-18,22-25H,8-9H2,1-2H3/t16-,17-,18+,19-,20-/m1/s1. The molecule has 0 heterocycles. The number of rotatable bonds is 1. The molecule has 1 aromatic rings. The third kappa shape index (κ3) is 2.23. The fourth-order valence-corrected chi connectivity index (χ4v) is 4.65. The van der Waals surface area contributed by atoms with Gasteiger partial charge in [0, 0.05) is 24.0 Å². The van der Waals surface area contributed by atoms with E-state index in [2.05, 4.69) is 0 Å². The molecule has 26 heavy (non-hydrogen) atoms. The molecule has 4 N–H and O–H groups in total. The Kier molecular flexibility index (Phi) is 3.69.